The summed E-state index contributed by atoms with van der Waals surface area (Å²) in [7, 11) is 0. The Hall–Kier alpha value is -1.39. The van der Waals surface area contributed by atoms with E-state index in [9.17, 15) is 9.50 Å². The maximum atomic E-state index is 13.9. The normalized spacial score (nSPS) is 12.7. The molecule has 0 saturated heterocycles. The monoisotopic (exact) mass is 310 g/mol. The molecule has 0 spiro atoms. The van der Waals surface area contributed by atoms with Crippen LogP contribution in [0.15, 0.2) is 18.2 Å². The maximum Gasteiger partial charge on any atom is 0.129 e. The second kappa shape index (κ2) is 6.58. The van der Waals surface area contributed by atoms with Gasteiger partial charge in [-0.05, 0) is 31.9 Å². The molecule has 114 valence electrons. The summed E-state index contributed by atoms with van der Waals surface area (Å²) in [5.41, 5.74) is 3.07. The number of halogens is 2. The zero-order valence-electron chi connectivity index (χ0n) is 12.5. The van der Waals surface area contributed by atoms with Gasteiger partial charge in [0.05, 0.1) is 18.3 Å². The molecule has 0 aliphatic rings. The van der Waals surface area contributed by atoms with Gasteiger partial charge < -0.3 is 5.11 Å². The molecule has 0 aliphatic heterocycles. The van der Waals surface area contributed by atoms with Crippen LogP contribution in [-0.4, -0.2) is 14.9 Å². The predicted octanol–water partition coefficient (Wildman–Crippen LogP) is 3.90. The van der Waals surface area contributed by atoms with E-state index in [-0.39, 0.29) is 12.4 Å². The van der Waals surface area contributed by atoms with Gasteiger partial charge in [0, 0.05) is 21.8 Å². The Kier molecular flexibility index (Phi) is 5.01. The summed E-state index contributed by atoms with van der Waals surface area (Å²) in [6.45, 7) is 6.00. The van der Waals surface area contributed by atoms with Crippen molar-refractivity contribution in [2.24, 2.45) is 0 Å². The molecule has 3 nitrogen and oxygen atoms in total. The second-order valence-electron chi connectivity index (χ2n) is 5.05. The average Bonchev–Trinajstić information content (AvgIpc) is 2.80. The van der Waals surface area contributed by atoms with E-state index in [0.717, 1.165) is 29.8 Å². The van der Waals surface area contributed by atoms with Gasteiger partial charge in [-0.2, -0.15) is 5.10 Å². The molecule has 0 fully saturated rings. The molecule has 0 aliphatic carbocycles. The fraction of sp³-hybridized carbons (Fsp3) is 0.438. The summed E-state index contributed by atoms with van der Waals surface area (Å²) < 4.78 is 15.7. The third-order valence-electron chi connectivity index (χ3n) is 3.63. The van der Waals surface area contributed by atoms with Crippen LogP contribution in [0.1, 0.15) is 49.4 Å². The molecule has 0 amide bonds. The Morgan fingerprint density at radius 2 is 2.05 bits per heavy atom. The molecule has 5 heteroatoms. The molecule has 1 N–H and O–H groups in total. The zero-order valence-corrected chi connectivity index (χ0v) is 13.3. The minimum Gasteiger partial charge on any atom is -0.389 e. The van der Waals surface area contributed by atoms with Crippen LogP contribution < -0.4 is 0 Å². The molecular formula is C16H20ClFN2O. The molecule has 0 bridgehead atoms. The largest absolute Gasteiger partial charge is 0.389 e. The van der Waals surface area contributed by atoms with E-state index in [2.05, 4.69) is 5.10 Å². The fourth-order valence-corrected chi connectivity index (χ4v) is 2.87. The van der Waals surface area contributed by atoms with E-state index in [1.54, 1.807) is 23.7 Å². The van der Waals surface area contributed by atoms with Crippen LogP contribution in [0.4, 0.5) is 4.39 Å². The summed E-state index contributed by atoms with van der Waals surface area (Å²) in [5.74, 6) is -0.336. The Bertz CT molecular complexity index is 617. The Labute approximate surface area is 129 Å². The number of aliphatic hydroxyl groups is 1. The van der Waals surface area contributed by atoms with Crippen LogP contribution in [0.2, 0.25) is 5.02 Å². The topological polar surface area (TPSA) is 38.0 Å². The van der Waals surface area contributed by atoms with Crippen LogP contribution in [-0.2, 0) is 19.4 Å². The van der Waals surface area contributed by atoms with Crippen LogP contribution in [0, 0.1) is 5.82 Å². The Morgan fingerprint density at radius 1 is 1.33 bits per heavy atom. The van der Waals surface area contributed by atoms with Crippen LogP contribution in [0.25, 0.3) is 0 Å². The number of aliphatic hydroxyl groups excluding tert-OH is 1. The number of hydrogen-bond acceptors (Lipinski definition) is 2. The standard InChI is InChI=1S/C16H20ClFN2O/c1-4-14-16(10(3)21)15(5-2)20(19-14)9-11-12(17)7-6-8-13(11)18/h6-8,10,21H,4-5,9H2,1-3H3. The highest BCUT2D eigenvalue weighted by molar-refractivity contribution is 6.31. The van der Waals surface area contributed by atoms with Crippen molar-refractivity contribution >= 4 is 11.6 Å². The predicted molar refractivity (Wildman–Crippen MR) is 82.1 cm³/mol. The summed E-state index contributed by atoms with van der Waals surface area (Å²) in [4.78, 5) is 0. The molecule has 0 radical (unpaired) electrons. The zero-order chi connectivity index (χ0) is 15.6. The molecule has 2 aromatic rings. The van der Waals surface area contributed by atoms with Crippen molar-refractivity contribution < 1.29 is 9.50 Å². The van der Waals surface area contributed by atoms with Crippen molar-refractivity contribution in [1.29, 1.82) is 0 Å². The van der Waals surface area contributed by atoms with Crippen LogP contribution >= 0.6 is 11.6 Å². The van der Waals surface area contributed by atoms with Gasteiger partial charge in [-0.1, -0.05) is 31.5 Å². The van der Waals surface area contributed by atoms with Gasteiger partial charge in [-0.25, -0.2) is 4.39 Å². The first-order valence-corrected chi connectivity index (χ1v) is 7.56. The molecule has 1 aromatic heterocycles. The fourth-order valence-electron chi connectivity index (χ4n) is 2.65. The van der Waals surface area contributed by atoms with E-state index in [1.807, 2.05) is 13.8 Å². The Morgan fingerprint density at radius 3 is 2.57 bits per heavy atom. The molecule has 1 aromatic carbocycles. The van der Waals surface area contributed by atoms with Crippen LogP contribution in [0.5, 0.6) is 0 Å². The van der Waals surface area contributed by atoms with Gasteiger partial charge in [0.15, 0.2) is 0 Å². The lowest BCUT2D eigenvalue weighted by molar-refractivity contribution is 0.197. The smallest absolute Gasteiger partial charge is 0.129 e. The highest BCUT2D eigenvalue weighted by Gasteiger charge is 2.20. The molecule has 1 heterocycles. The van der Waals surface area contributed by atoms with E-state index in [0.29, 0.717) is 10.6 Å². The van der Waals surface area contributed by atoms with E-state index >= 15 is 0 Å². The molecular weight excluding hydrogens is 291 g/mol. The lowest BCUT2D eigenvalue weighted by atomic mass is 10.0. The molecule has 0 saturated carbocycles. The number of aromatic nitrogens is 2. The number of hydrogen-bond donors (Lipinski definition) is 1. The van der Waals surface area contributed by atoms with Gasteiger partial charge in [-0.3, -0.25) is 4.68 Å². The van der Waals surface area contributed by atoms with Crippen molar-refractivity contribution in [3.8, 4) is 0 Å². The number of rotatable bonds is 5. The van der Waals surface area contributed by atoms with Crippen molar-refractivity contribution in [3.63, 3.8) is 0 Å². The minimum absolute atomic E-state index is 0.272. The molecule has 1 unspecified atom stereocenters. The minimum atomic E-state index is -0.584. The lowest BCUT2D eigenvalue weighted by Crippen LogP contribution is -2.09. The van der Waals surface area contributed by atoms with Crippen molar-refractivity contribution in [2.75, 3.05) is 0 Å². The Balaban J connectivity index is 2.50. The molecule has 2 rings (SSSR count). The summed E-state index contributed by atoms with van der Waals surface area (Å²) in [5, 5.41) is 14.9. The van der Waals surface area contributed by atoms with E-state index in [4.69, 9.17) is 11.6 Å². The summed E-state index contributed by atoms with van der Waals surface area (Å²) >= 11 is 6.09. The van der Waals surface area contributed by atoms with E-state index in [1.165, 1.54) is 6.07 Å². The number of nitrogens with zero attached hydrogens (tertiary/aromatic N) is 2. The molecule has 21 heavy (non-hydrogen) atoms. The lowest BCUT2D eigenvalue weighted by Gasteiger charge is -2.11. The van der Waals surface area contributed by atoms with Crippen LogP contribution in [0.3, 0.4) is 0 Å². The van der Waals surface area contributed by atoms with Crippen molar-refractivity contribution in [1.82, 2.24) is 9.78 Å². The number of aryl methyl sites for hydroxylation is 1. The van der Waals surface area contributed by atoms with Gasteiger partial charge in [0.25, 0.3) is 0 Å². The maximum absolute atomic E-state index is 13.9. The van der Waals surface area contributed by atoms with Crippen molar-refractivity contribution in [2.45, 2.75) is 46.3 Å². The highest BCUT2D eigenvalue weighted by atomic mass is 35.5. The van der Waals surface area contributed by atoms with Gasteiger partial charge in [0.1, 0.15) is 5.82 Å². The summed E-state index contributed by atoms with van der Waals surface area (Å²) in [6.07, 6.45) is 0.865. The number of benzene rings is 1. The first-order valence-electron chi connectivity index (χ1n) is 7.18. The SMILES string of the molecule is CCc1nn(Cc2c(F)cccc2Cl)c(CC)c1C(C)O. The summed E-state index contributed by atoms with van der Waals surface area (Å²) in [6, 6.07) is 4.65. The van der Waals surface area contributed by atoms with Crippen molar-refractivity contribution in [3.05, 3.63) is 51.6 Å². The molecule has 1 atom stereocenters. The van der Waals surface area contributed by atoms with Gasteiger partial charge in [-0.15, -0.1) is 0 Å². The first kappa shape index (κ1) is 16.0. The second-order valence-corrected chi connectivity index (χ2v) is 5.46. The average molecular weight is 311 g/mol. The third-order valence-corrected chi connectivity index (χ3v) is 3.99. The highest BCUT2D eigenvalue weighted by Crippen LogP contribution is 2.26. The third kappa shape index (κ3) is 3.11. The quantitative estimate of drug-likeness (QED) is 0.909. The van der Waals surface area contributed by atoms with Gasteiger partial charge in [0.2, 0.25) is 0 Å². The van der Waals surface area contributed by atoms with E-state index < -0.39 is 6.10 Å². The van der Waals surface area contributed by atoms with Gasteiger partial charge >= 0.3 is 0 Å². The first-order chi connectivity index (χ1) is 9.99.